The quantitative estimate of drug-likeness (QED) is 0.747. The van der Waals surface area contributed by atoms with Crippen molar-refractivity contribution in [2.45, 2.75) is 32.3 Å². The van der Waals surface area contributed by atoms with Crippen molar-refractivity contribution in [2.75, 3.05) is 5.88 Å². The molecule has 16 heavy (non-hydrogen) atoms. The van der Waals surface area contributed by atoms with Gasteiger partial charge in [0.1, 0.15) is 0 Å². The van der Waals surface area contributed by atoms with Gasteiger partial charge < -0.3 is 5.11 Å². The van der Waals surface area contributed by atoms with E-state index in [1.54, 1.807) is 0 Å². The zero-order valence-electron chi connectivity index (χ0n) is 9.70. The van der Waals surface area contributed by atoms with Crippen LogP contribution in [-0.2, 0) is 0 Å². The molecule has 0 heterocycles. The Kier molecular flexibility index (Phi) is 6.20. The van der Waals surface area contributed by atoms with Gasteiger partial charge in [-0.1, -0.05) is 42.0 Å². The second-order valence-corrected chi connectivity index (χ2v) is 4.41. The molecule has 0 fully saturated rings. The average Bonchev–Trinajstić information content (AvgIpc) is 2.30. The van der Waals surface area contributed by atoms with Crippen LogP contribution in [0.25, 0.3) is 6.08 Å². The zero-order valence-corrected chi connectivity index (χ0v) is 10.5. The molecule has 0 aromatic heterocycles. The Morgan fingerprint density at radius 2 is 2.06 bits per heavy atom. The van der Waals surface area contributed by atoms with E-state index < -0.39 is 0 Å². The van der Waals surface area contributed by atoms with Gasteiger partial charge >= 0.3 is 0 Å². The maximum absolute atomic E-state index is 9.31. The van der Waals surface area contributed by atoms with Crippen molar-refractivity contribution in [3.05, 3.63) is 41.5 Å². The molecule has 0 radical (unpaired) electrons. The van der Waals surface area contributed by atoms with Crippen molar-refractivity contribution < 1.29 is 5.11 Å². The van der Waals surface area contributed by atoms with Gasteiger partial charge in [-0.3, -0.25) is 0 Å². The highest BCUT2D eigenvalue weighted by Gasteiger charge is 2.01. The monoisotopic (exact) mass is 238 g/mol. The molecule has 0 aliphatic rings. The highest BCUT2D eigenvalue weighted by molar-refractivity contribution is 6.18. The summed E-state index contributed by atoms with van der Waals surface area (Å²) in [7, 11) is 0. The molecule has 0 bridgehead atoms. The lowest BCUT2D eigenvalue weighted by atomic mass is 10.1. The Hall–Kier alpha value is -0.790. The summed E-state index contributed by atoms with van der Waals surface area (Å²) in [5, 5.41) is 9.31. The Morgan fingerprint density at radius 3 is 2.69 bits per heavy atom. The van der Waals surface area contributed by atoms with Crippen LogP contribution < -0.4 is 0 Å². The first-order chi connectivity index (χ1) is 7.72. The largest absolute Gasteiger partial charge is 0.392 e. The summed E-state index contributed by atoms with van der Waals surface area (Å²) in [6.07, 6.45) is 4.62. The summed E-state index contributed by atoms with van der Waals surface area (Å²) in [4.78, 5) is 0. The zero-order chi connectivity index (χ0) is 11.8. The molecule has 1 N–H and O–H groups in total. The first kappa shape index (κ1) is 13.3. The van der Waals surface area contributed by atoms with Crippen LogP contribution >= 0.6 is 11.6 Å². The maximum Gasteiger partial charge on any atom is 0.0675 e. The number of rotatable bonds is 6. The molecule has 1 rings (SSSR count). The van der Waals surface area contributed by atoms with Gasteiger partial charge in [0, 0.05) is 5.88 Å². The molecular weight excluding hydrogens is 220 g/mol. The predicted octanol–water partition coefficient (Wildman–Crippen LogP) is 3.86. The smallest absolute Gasteiger partial charge is 0.0675 e. The topological polar surface area (TPSA) is 20.2 Å². The van der Waals surface area contributed by atoms with Crippen molar-refractivity contribution in [2.24, 2.45) is 0 Å². The molecule has 1 atom stereocenters. The molecule has 1 aromatic rings. The van der Waals surface area contributed by atoms with Gasteiger partial charge in [0.05, 0.1) is 6.10 Å². The summed E-state index contributed by atoms with van der Waals surface area (Å²) < 4.78 is 0. The summed E-state index contributed by atoms with van der Waals surface area (Å²) in [6, 6.07) is 10.3. The average molecular weight is 239 g/mol. The molecule has 0 amide bonds. The van der Waals surface area contributed by atoms with E-state index in [0.717, 1.165) is 19.3 Å². The standard InChI is InChI=1S/C14H19ClO/c1-12(6-5-9-14(16)11-15)10-13-7-3-2-4-8-13/h2-4,7-8,10,14,16H,5-6,9,11H2,1H3. The molecule has 1 aromatic carbocycles. The number of hydrogen-bond acceptors (Lipinski definition) is 1. The van der Waals surface area contributed by atoms with E-state index >= 15 is 0 Å². The lowest BCUT2D eigenvalue weighted by molar-refractivity contribution is 0.185. The third-order valence-corrected chi connectivity index (χ3v) is 2.86. The molecule has 0 saturated heterocycles. The number of allylic oxidation sites excluding steroid dienone is 1. The fourth-order valence-electron chi connectivity index (χ4n) is 1.60. The molecule has 0 aliphatic heterocycles. The van der Waals surface area contributed by atoms with Gasteiger partial charge in [0.25, 0.3) is 0 Å². The third-order valence-electron chi connectivity index (χ3n) is 2.50. The molecular formula is C14H19ClO. The van der Waals surface area contributed by atoms with Gasteiger partial charge in [-0.15, -0.1) is 11.6 Å². The number of halogens is 1. The SMILES string of the molecule is CC(=Cc1ccccc1)CCCC(O)CCl. The van der Waals surface area contributed by atoms with Gasteiger partial charge in [-0.2, -0.15) is 0 Å². The molecule has 0 saturated carbocycles. The second-order valence-electron chi connectivity index (χ2n) is 4.10. The number of alkyl halides is 1. The van der Waals surface area contributed by atoms with Gasteiger partial charge in [-0.05, 0) is 31.7 Å². The van der Waals surface area contributed by atoms with E-state index in [4.69, 9.17) is 11.6 Å². The van der Waals surface area contributed by atoms with E-state index in [0.29, 0.717) is 5.88 Å². The fourth-order valence-corrected chi connectivity index (χ4v) is 1.75. The molecule has 2 heteroatoms. The summed E-state index contributed by atoms with van der Waals surface area (Å²) in [5.74, 6) is 0.335. The number of aliphatic hydroxyl groups is 1. The van der Waals surface area contributed by atoms with Gasteiger partial charge in [-0.25, -0.2) is 0 Å². The summed E-state index contributed by atoms with van der Waals surface area (Å²) in [5.41, 5.74) is 2.57. The minimum absolute atomic E-state index is 0.335. The third kappa shape index (κ3) is 5.34. The number of aliphatic hydroxyl groups excluding tert-OH is 1. The van der Waals surface area contributed by atoms with Crippen LogP contribution in [0.15, 0.2) is 35.9 Å². The first-order valence-corrected chi connectivity index (χ1v) is 6.22. The molecule has 1 nitrogen and oxygen atoms in total. The fraction of sp³-hybridized carbons (Fsp3) is 0.429. The minimum atomic E-state index is -0.355. The van der Waals surface area contributed by atoms with Gasteiger partial charge in [0.15, 0.2) is 0 Å². The Morgan fingerprint density at radius 1 is 1.38 bits per heavy atom. The number of benzene rings is 1. The predicted molar refractivity (Wildman–Crippen MR) is 70.7 cm³/mol. The second kappa shape index (κ2) is 7.48. The molecule has 1 unspecified atom stereocenters. The van der Waals surface area contributed by atoms with Crippen molar-refractivity contribution in [1.82, 2.24) is 0 Å². The normalized spacial score (nSPS) is 13.8. The maximum atomic E-state index is 9.31. The first-order valence-electron chi connectivity index (χ1n) is 5.68. The van der Waals surface area contributed by atoms with Crippen LogP contribution in [0.2, 0.25) is 0 Å². The molecule has 0 spiro atoms. The van der Waals surface area contributed by atoms with Crippen LogP contribution in [0.5, 0.6) is 0 Å². The van der Waals surface area contributed by atoms with Crippen LogP contribution in [0.3, 0.4) is 0 Å². The van der Waals surface area contributed by atoms with E-state index in [9.17, 15) is 5.11 Å². The van der Waals surface area contributed by atoms with Crippen molar-refractivity contribution >= 4 is 17.7 Å². The van der Waals surface area contributed by atoms with E-state index in [1.165, 1.54) is 11.1 Å². The van der Waals surface area contributed by atoms with Crippen molar-refractivity contribution in [3.8, 4) is 0 Å². The lowest BCUT2D eigenvalue weighted by Crippen LogP contribution is -2.07. The van der Waals surface area contributed by atoms with Crippen LogP contribution in [-0.4, -0.2) is 17.1 Å². The minimum Gasteiger partial charge on any atom is -0.392 e. The van der Waals surface area contributed by atoms with Crippen LogP contribution in [0.4, 0.5) is 0 Å². The van der Waals surface area contributed by atoms with Crippen molar-refractivity contribution in [3.63, 3.8) is 0 Å². The van der Waals surface area contributed by atoms with Gasteiger partial charge in [0.2, 0.25) is 0 Å². The number of hydrogen-bond donors (Lipinski definition) is 1. The summed E-state index contributed by atoms with van der Waals surface area (Å²) in [6.45, 7) is 2.13. The lowest BCUT2D eigenvalue weighted by Gasteiger charge is -2.06. The van der Waals surface area contributed by atoms with E-state index in [2.05, 4.69) is 25.1 Å². The highest BCUT2D eigenvalue weighted by atomic mass is 35.5. The van der Waals surface area contributed by atoms with Crippen molar-refractivity contribution in [1.29, 1.82) is 0 Å². The molecule has 88 valence electrons. The van der Waals surface area contributed by atoms with Crippen LogP contribution in [0, 0.1) is 0 Å². The van der Waals surface area contributed by atoms with E-state index in [-0.39, 0.29) is 6.10 Å². The Bertz CT molecular complexity index is 319. The highest BCUT2D eigenvalue weighted by Crippen LogP contribution is 2.13. The Balaban J connectivity index is 2.35. The van der Waals surface area contributed by atoms with Crippen LogP contribution in [0.1, 0.15) is 31.7 Å². The van der Waals surface area contributed by atoms with E-state index in [1.807, 2.05) is 18.2 Å². The molecule has 0 aliphatic carbocycles. The Labute approximate surface area is 103 Å². The summed E-state index contributed by atoms with van der Waals surface area (Å²) >= 11 is 5.53.